The maximum Gasteiger partial charge on any atom is 1.00 e. The zero-order valence-electron chi connectivity index (χ0n) is 29.1. The molecule has 15 nitrogen and oxygen atoms in total. The molecule has 19 heteroatoms. The molecule has 4 heterocycles. The zero-order valence-corrected chi connectivity index (χ0v) is 34.4. The van der Waals surface area contributed by atoms with Gasteiger partial charge in [0.15, 0.2) is 0 Å². The summed E-state index contributed by atoms with van der Waals surface area (Å²) in [5.41, 5.74) is 3.19. The fraction of sp³-hybridized carbons (Fsp3) is 0.364. The van der Waals surface area contributed by atoms with Crippen molar-refractivity contribution < 1.29 is 81.9 Å². The monoisotopic (exact) mass is 1010 g/mol. The van der Waals surface area contributed by atoms with E-state index in [1.165, 1.54) is 20.2 Å². The summed E-state index contributed by atoms with van der Waals surface area (Å²) in [6.45, 7) is 11.0. The van der Waals surface area contributed by atoms with Crippen LogP contribution < -0.4 is 15.3 Å². The Labute approximate surface area is 351 Å². The van der Waals surface area contributed by atoms with E-state index in [-0.39, 0.29) is 84.2 Å². The van der Waals surface area contributed by atoms with Crippen LogP contribution in [0.25, 0.3) is 20.2 Å². The van der Waals surface area contributed by atoms with Crippen LogP contribution in [0.3, 0.4) is 0 Å². The van der Waals surface area contributed by atoms with Gasteiger partial charge in [0.25, 0.3) is 17.1 Å². The average molecular weight is 1010 g/mol. The van der Waals surface area contributed by atoms with Gasteiger partial charge in [0.1, 0.15) is 0 Å². The Bertz CT molecular complexity index is 1770. The van der Waals surface area contributed by atoms with E-state index in [0.717, 1.165) is 0 Å². The van der Waals surface area contributed by atoms with Crippen molar-refractivity contribution in [2.24, 2.45) is 0 Å². The molecular formula is C33H38Ag3N9O6S. The predicted octanol–water partition coefficient (Wildman–Crippen LogP) is 7.26. The molecule has 0 aliphatic rings. The number of thiophene rings is 1. The topological polar surface area (TPSA) is 210 Å². The average Bonchev–Trinajstić information content (AvgIpc) is 3.91. The quantitative estimate of drug-likeness (QED) is 0.0796. The first kappa shape index (κ1) is 48.7. The number of hydrogen-bond donors (Lipinski definition) is 0. The van der Waals surface area contributed by atoms with Crippen LogP contribution in [0.15, 0.2) is 48.5 Å². The van der Waals surface area contributed by atoms with Crippen LogP contribution in [-0.2, 0) is 106 Å². The van der Waals surface area contributed by atoms with E-state index in [1.54, 1.807) is 0 Å². The molecule has 290 valence electrons. The number of nitrogens with zero attached hydrogens (tertiary/aromatic N) is 9. The molecular weight excluding hydrogens is 974 g/mol. The first-order valence-corrected chi connectivity index (χ1v) is 16.7. The number of benzene rings is 2. The SMILES string of the molecule is CCc1n[n-]c(CC)c1[N+](=O)[O-].CCc1n[n-]c(CC)c1[N+](=O)[O-].CCc1n[n-]c(CC)c1[N+](=O)[O-].[Ag+].[Ag+].[Ag+].c1ccc2c(c1)sc1ccccc12. The molecule has 6 rings (SSSR count). The van der Waals surface area contributed by atoms with Crippen molar-refractivity contribution in [3.8, 4) is 0 Å². The maximum atomic E-state index is 10.5. The third-order valence-corrected chi connectivity index (χ3v) is 8.51. The molecule has 0 saturated carbocycles. The predicted molar refractivity (Wildman–Crippen MR) is 188 cm³/mol. The minimum Gasteiger partial charge on any atom is -0.573 e. The molecule has 0 unspecified atom stereocenters. The fourth-order valence-electron chi connectivity index (χ4n) is 4.88. The number of aryl methyl sites for hydroxylation is 6. The van der Waals surface area contributed by atoms with E-state index in [1.807, 2.05) is 52.9 Å². The summed E-state index contributed by atoms with van der Waals surface area (Å²) in [5.74, 6) is 0. The standard InChI is InChI=1S/C12H8S.3C7H10N3O2.3Ag/c1-3-7-11-9(5-1)10-6-2-4-8-12(10)13-11;3*1-3-5-7(10(11)12)6(4-2)9-8-5;;;/h1-8H;3*3-4H2,1-2H3;;;/q;3*-1;3*+1. The Morgan fingerprint density at radius 3 is 1.00 bits per heavy atom. The molecule has 2 aromatic carbocycles. The Balaban J connectivity index is 0.000000655. The summed E-state index contributed by atoms with van der Waals surface area (Å²) in [7, 11) is 0. The van der Waals surface area contributed by atoms with Crippen molar-refractivity contribution >= 4 is 48.6 Å². The first-order valence-electron chi connectivity index (χ1n) is 15.9. The summed E-state index contributed by atoms with van der Waals surface area (Å²) in [6, 6.07) is 17.1. The van der Waals surface area contributed by atoms with Crippen molar-refractivity contribution in [3.05, 3.63) is 113 Å². The van der Waals surface area contributed by atoms with Crippen LogP contribution in [0.5, 0.6) is 0 Å². The summed E-state index contributed by atoms with van der Waals surface area (Å²) >= 11 is 1.86. The molecule has 4 aromatic heterocycles. The molecule has 0 aliphatic carbocycles. The van der Waals surface area contributed by atoms with Gasteiger partial charge in [0.05, 0.1) is 31.9 Å². The van der Waals surface area contributed by atoms with Gasteiger partial charge in [-0.15, -0.1) is 11.3 Å². The van der Waals surface area contributed by atoms with Gasteiger partial charge < -0.3 is 30.6 Å². The van der Waals surface area contributed by atoms with Crippen molar-refractivity contribution in [1.29, 1.82) is 0 Å². The van der Waals surface area contributed by atoms with Crippen molar-refractivity contribution in [2.45, 2.75) is 80.1 Å². The van der Waals surface area contributed by atoms with Crippen LogP contribution >= 0.6 is 11.3 Å². The van der Waals surface area contributed by atoms with Gasteiger partial charge in [-0.05, 0) is 50.7 Å². The maximum absolute atomic E-state index is 10.5. The van der Waals surface area contributed by atoms with E-state index >= 15 is 0 Å². The molecule has 52 heavy (non-hydrogen) atoms. The van der Waals surface area contributed by atoms with Crippen molar-refractivity contribution in [1.82, 2.24) is 30.6 Å². The summed E-state index contributed by atoms with van der Waals surface area (Å²) < 4.78 is 2.76. The largest absolute Gasteiger partial charge is 1.00 e. The number of hydrogen-bond acceptors (Lipinski definition) is 10. The van der Waals surface area contributed by atoms with Gasteiger partial charge in [-0.25, -0.2) is 0 Å². The van der Waals surface area contributed by atoms with E-state index in [9.17, 15) is 30.3 Å². The van der Waals surface area contributed by atoms with E-state index in [4.69, 9.17) is 0 Å². The molecule has 6 aromatic rings. The van der Waals surface area contributed by atoms with E-state index < -0.39 is 14.8 Å². The minimum absolute atomic E-state index is 0. The van der Waals surface area contributed by atoms with E-state index in [2.05, 4.69) is 79.1 Å². The van der Waals surface area contributed by atoms with Gasteiger partial charge in [0, 0.05) is 20.2 Å². The van der Waals surface area contributed by atoms with E-state index in [0.29, 0.717) is 72.7 Å². The van der Waals surface area contributed by atoms with Gasteiger partial charge in [-0.1, -0.05) is 95.0 Å². The summed E-state index contributed by atoms with van der Waals surface area (Å²) in [6.07, 6.45) is 3.35. The third-order valence-electron chi connectivity index (χ3n) is 7.36. The number of aromatic nitrogens is 6. The third kappa shape index (κ3) is 12.1. The number of rotatable bonds is 9. The Hall–Kier alpha value is -3.29. The molecule has 0 amide bonds. The van der Waals surface area contributed by atoms with Gasteiger partial charge in [-0.3, -0.25) is 30.3 Å². The van der Waals surface area contributed by atoms with Crippen LogP contribution in [0.1, 0.15) is 75.7 Å². The second-order valence-corrected chi connectivity index (χ2v) is 11.4. The summed E-state index contributed by atoms with van der Waals surface area (Å²) in [5, 5.41) is 56.8. The molecule has 0 bridgehead atoms. The smallest absolute Gasteiger partial charge is 0.573 e. The van der Waals surface area contributed by atoms with Crippen LogP contribution in [0, 0.1) is 30.3 Å². The van der Waals surface area contributed by atoms with Crippen LogP contribution in [0.4, 0.5) is 17.1 Å². The molecule has 0 atom stereocenters. The number of nitro groups is 3. The molecule has 0 spiro atoms. The molecule has 0 aliphatic heterocycles. The normalized spacial score (nSPS) is 9.81. The molecule has 0 saturated heterocycles. The zero-order chi connectivity index (χ0) is 36.1. The molecule has 0 radical (unpaired) electrons. The fourth-order valence-corrected chi connectivity index (χ4v) is 5.99. The van der Waals surface area contributed by atoms with Gasteiger partial charge in [0.2, 0.25) is 0 Å². The molecule has 0 fully saturated rings. The Kier molecular flexibility index (Phi) is 22.6. The van der Waals surface area contributed by atoms with Crippen molar-refractivity contribution in [3.63, 3.8) is 0 Å². The summed E-state index contributed by atoms with van der Waals surface area (Å²) in [4.78, 5) is 30.4. The van der Waals surface area contributed by atoms with Gasteiger partial charge >= 0.3 is 67.1 Å². The minimum atomic E-state index is -0.405. The van der Waals surface area contributed by atoms with Gasteiger partial charge in [-0.2, -0.15) is 0 Å². The Morgan fingerprint density at radius 2 is 0.769 bits per heavy atom. The first-order chi connectivity index (χ1) is 23.6. The second kappa shape index (κ2) is 24.1. The van der Waals surface area contributed by atoms with Crippen molar-refractivity contribution in [2.75, 3.05) is 0 Å². The molecule has 0 N–H and O–H groups in total. The van der Waals surface area contributed by atoms with Crippen LogP contribution in [0.2, 0.25) is 0 Å². The Morgan fingerprint density at radius 1 is 0.500 bits per heavy atom. The van der Waals surface area contributed by atoms with Crippen LogP contribution in [-0.4, -0.2) is 30.1 Å². The second-order valence-electron chi connectivity index (χ2n) is 10.3. The number of fused-ring (bicyclic) bond motifs is 3.